The van der Waals surface area contributed by atoms with Crippen LogP contribution in [-0.2, 0) is 4.74 Å². The van der Waals surface area contributed by atoms with Crippen molar-refractivity contribution in [3.05, 3.63) is 58.4 Å². The first-order chi connectivity index (χ1) is 11.4. The molecule has 1 aromatic carbocycles. The predicted octanol–water partition coefficient (Wildman–Crippen LogP) is 2.31. The molecule has 0 fully saturated rings. The Labute approximate surface area is 142 Å². The molecule has 0 bridgehead atoms. The van der Waals surface area contributed by atoms with Gasteiger partial charge in [0.25, 0.3) is 0 Å². The average Bonchev–Trinajstić information content (AvgIpc) is 2.88. The quantitative estimate of drug-likeness (QED) is 0.631. The third-order valence-electron chi connectivity index (χ3n) is 4.39. The number of benzene rings is 1. The van der Waals surface area contributed by atoms with Gasteiger partial charge in [-0.1, -0.05) is 30.3 Å². The van der Waals surface area contributed by atoms with Crippen LogP contribution in [0.5, 0.6) is 0 Å². The lowest BCUT2D eigenvalue weighted by Gasteiger charge is -2.16. The van der Waals surface area contributed by atoms with Gasteiger partial charge in [0.05, 0.1) is 18.4 Å². The Bertz CT molecular complexity index is 735. The summed E-state index contributed by atoms with van der Waals surface area (Å²) in [6.07, 6.45) is 0. The Morgan fingerprint density at radius 2 is 1.75 bits per heavy atom. The summed E-state index contributed by atoms with van der Waals surface area (Å²) in [5, 5.41) is 2.03. The maximum Gasteiger partial charge on any atom is 0.339 e. The highest BCUT2D eigenvalue weighted by Gasteiger charge is 2.28. The zero-order valence-corrected chi connectivity index (χ0v) is 14.8. The van der Waals surface area contributed by atoms with Crippen LogP contribution in [0.25, 0.3) is 0 Å². The number of esters is 1. The van der Waals surface area contributed by atoms with Crippen LogP contribution < -0.4 is 5.32 Å². The highest BCUT2D eigenvalue weighted by Crippen LogP contribution is 2.20. The van der Waals surface area contributed by atoms with Gasteiger partial charge in [0.15, 0.2) is 0 Å². The second-order valence-corrected chi connectivity index (χ2v) is 6.16. The number of carbonyl (C=O) groups excluding carboxylic acids is 2. The highest BCUT2D eigenvalue weighted by molar-refractivity contribution is 6.03. The number of hydrogen-bond acceptors (Lipinski definition) is 3. The molecule has 0 spiro atoms. The summed E-state index contributed by atoms with van der Waals surface area (Å²) >= 11 is 0. The zero-order chi connectivity index (χ0) is 17.9. The van der Waals surface area contributed by atoms with Crippen molar-refractivity contribution in [2.24, 2.45) is 0 Å². The summed E-state index contributed by atoms with van der Waals surface area (Å²) in [4.78, 5) is 27.7. The molecule has 24 heavy (non-hydrogen) atoms. The smallest absolute Gasteiger partial charge is 0.339 e. The minimum atomic E-state index is -0.422. The molecule has 0 aliphatic carbocycles. The Balaban J connectivity index is 2.18. The van der Waals surface area contributed by atoms with Crippen LogP contribution in [0.1, 0.15) is 57.6 Å². The molecule has 2 atom stereocenters. The van der Waals surface area contributed by atoms with E-state index in [1.165, 1.54) is 12.7 Å². The molecule has 128 valence electrons. The van der Waals surface area contributed by atoms with Crippen LogP contribution in [0, 0.1) is 13.8 Å². The summed E-state index contributed by atoms with van der Waals surface area (Å²) in [5.74, 6) is -0.442. The molecule has 0 saturated carbocycles. The molecule has 0 radical (unpaired) electrons. The van der Waals surface area contributed by atoms with Crippen LogP contribution in [0.3, 0.4) is 0 Å². The predicted molar refractivity (Wildman–Crippen MR) is 92.2 cm³/mol. The maximum atomic E-state index is 12.8. The van der Waals surface area contributed by atoms with Crippen molar-refractivity contribution in [2.75, 3.05) is 7.11 Å². The van der Waals surface area contributed by atoms with Crippen LogP contribution in [0.15, 0.2) is 30.3 Å². The number of ether oxygens (including phenoxy) is 1. The molecule has 5 nitrogen and oxygen atoms in total. The van der Waals surface area contributed by atoms with Gasteiger partial charge in [-0.3, -0.25) is 4.79 Å². The van der Waals surface area contributed by atoms with E-state index in [1.807, 2.05) is 30.4 Å². The third kappa shape index (κ3) is 3.57. The standard InChI is InChI=1S/C19H24N2O3/c1-11-16(19(23)24-5)13(3)21-17(11)18(22)14(4)20-12(2)15-9-7-6-8-10-15/h6-10,12,14,20-21H,1-5H3/p+1/t12-,14-/m1/s1. The number of aromatic amines is 1. The Morgan fingerprint density at radius 3 is 2.33 bits per heavy atom. The summed E-state index contributed by atoms with van der Waals surface area (Å²) < 4.78 is 4.80. The molecule has 0 saturated heterocycles. The lowest BCUT2D eigenvalue weighted by atomic mass is 10.0. The molecule has 0 amide bonds. The van der Waals surface area contributed by atoms with Gasteiger partial charge in [-0.2, -0.15) is 0 Å². The fourth-order valence-electron chi connectivity index (χ4n) is 3.02. The first-order valence-corrected chi connectivity index (χ1v) is 8.08. The molecule has 1 heterocycles. The molecule has 0 aliphatic heterocycles. The topological polar surface area (TPSA) is 75.8 Å². The second kappa shape index (κ2) is 7.45. The van der Waals surface area contributed by atoms with Crippen molar-refractivity contribution in [2.45, 2.75) is 39.8 Å². The van der Waals surface area contributed by atoms with E-state index in [2.05, 4.69) is 24.0 Å². The number of aromatic nitrogens is 1. The van der Waals surface area contributed by atoms with Crippen LogP contribution in [0.4, 0.5) is 0 Å². The number of quaternary nitrogens is 1. The van der Waals surface area contributed by atoms with Crippen LogP contribution >= 0.6 is 0 Å². The average molecular weight is 329 g/mol. The van der Waals surface area contributed by atoms with Gasteiger partial charge in [0.2, 0.25) is 5.78 Å². The molecule has 2 rings (SSSR count). The molecular weight excluding hydrogens is 304 g/mol. The van der Waals surface area contributed by atoms with E-state index in [0.717, 1.165) is 0 Å². The first kappa shape index (κ1) is 17.9. The number of H-pyrrole nitrogens is 1. The van der Waals surface area contributed by atoms with E-state index in [1.54, 1.807) is 13.8 Å². The molecule has 5 heteroatoms. The van der Waals surface area contributed by atoms with Gasteiger partial charge >= 0.3 is 5.97 Å². The van der Waals surface area contributed by atoms with E-state index in [4.69, 9.17) is 4.74 Å². The van der Waals surface area contributed by atoms with Crippen molar-refractivity contribution >= 4 is 11.8 Å². The minimum absolute atomic E-state index is 0.0199. The number of methoxy groups -OCH3 is 1. The fourth-order valence-corrected chi connectivity index (χ4v) is 3.02. The third-order valence-corrected chi connectivity index (χ3v) is 4.39. The van der Waals surface area contributed by atoms with Crippen LogP contribution in [-0.4, -0.2) is 29.9 Å². The summed E-state index contributed by atoms with van der Waals surface area (Å²) in [7, 11) is 1.34. The van der Waals surface area contributed by atoms with Crippen molar-refractivity contribution in [3.8, 4) is 0 Å². The van der Waals surface area contributed by atoms with Crippen molar-refractivity contribution in [1.29, 1.82) is 0 Å². The van der Waals surface area contributed by atoms with E-state index in [0.29, 0.717) is 22.5 Å². The molecule has 0 unspecified atom stereocenters. The number of rotatable bonds is 6. The lowest BCUT2D eigenvalue weighted by Crippen LogP contribution is -2.91. The van der Waals surface area contributed by atoms with Gasteiger partial charge in [0.1, 0.15) is 12.1 Å². The minimum Gasteiger partial charge on any atom is -0.465 e. The number of hydrogen-bond donors (Lipinski definition) is 2. The van der Waals surface area contributed by atoms with Crippen molar-refractivity contribution in [1.82, 2.24) is 4.98 Å². The Morgan fingerprint density at radius 1 is 1.12 bits per heavy atom. The van der Waals surface area contributed by atoms with Gasteiger partial charge in [-0.25, -0.2) is 4.79 Å². The van der Waals surface area contributed by atoms with E-state index in [-0.39, 0.29) is 17.9 Å². The molecule has 2 aromatic rings. The maximum absolute atomic E-state index is 12.8. The zero-order valence-electron chi connectivity index (χ0n) is 14.8. The van der Waals surface area contributed by atoms with E-state index < -0.39 is 5.97 Å². The number of ketones is 1. The Kier molecular flexibility index (Phi) is 5.57. The van der Waals surface area contributed by atoms with E-state index in [9.17, 15) is 9.59 Å². The Hall–Kier alpha value is -2.40. The van der Waals surface area contributed by atoms with Gasteiger partial charge in [-0.15, -0.1) is 0 Å². The summed E-state index contributed by atoms with van der Waals surface area (Å²) in [6, 6.07) is 9.98. The van der Waals surface area contributed by atoms with Crippen molar-refractivity contribution < 1.29 is 19.6 Å². The SMILES string of the molecule is COC(=O)c1c(C)[nH]c(C(=O)[C@@H](C)[NH2+][C@H](C)c2ccccc2)c1C. The number of Topliss-reactive ketones (excluding diaryl/α,β-unsaturated/α-hetero) is 1. The number of aryl methyl sites for hydroxylation is 1. The first-order valence-electron chi connectivity index (χ1n) is 8.08. The van der Waals surface area contributed by atoms with Gasteiger partial charge < -0.3 is 15.0 Å². The number of nitrogens with two attached hydrogens (primary N) is 1. The molecule has 3 N–H and O–H groups in total. The molecule has 1 aromatic heterocycles. The normalized spacial score (nSPS) is 13.4. The summed E-state index contributed by atoms with van der Waals surface area (Å²) in [6.45, 7) is 7.51. The lowest BCUT2D eigenvalue weighted by molar-refractivity contribution is -0.709. The van der Waals surface area contributed by atoms with Crippen LogP contribution in [0.2, 0.25) is 0 Å². The number of carbonyl (C=O) groups is 2. The second-order valence-electron chi connectivity index (χ2n) is 6.16. The molecular formula is C19H25N2O3+. The molecule has 0 aliphatic rings. The van der Waals surface area contributed by atoms with E-state index >= 15 is 0 Å². The fraction of sp³-hybridized carbons (Fsp3) is 0.368. The number of nitrogens with one attached hydrogen (secondary N) is 1. The largest absolute Gasteiger partial charge is 0.465 e. The van der Waals surface area contributed by atoms with Gasteiger partial charge in [0, 0.05) is 11.3 Å². The summed E-state index contributed by atoms with van der Waals surface area (Å²) in [5.41, 5.74) is 3.41. The highest BCUT2D eigenvalue weighted by atomic mass is 16.5. The van der Waals surface area contributed by atoms with Gasteiger partial charge in [-0.05, 0) is 33.3 Å². The van der Waals surface area contributed by atoms with Crippen molar-refractivity contribution in [3.63, 3.8) is 0 Å². The monoisotopic (exact) mass is 329 g/mol.